The number of carbonyl (C=O) groups is 1. The largest absolute Gasteiger partial charge is 0.469 e. The molecular formula is C11H15N5O7P+. The molecule has 1 aromatic rings. The Hall–Kier alpha value is -2.04. The minimum atomic E-state index is -4.75. The van der Waals surface area contributed by atoms with Crippen LogP contribution >= 0.6 is 7.82 Å². The second-order valence-corrected chi connectivity index (χ2v) is 6.18. The van der Waals surface area contributed by atoms with Crippen molar-refractivity contribution in [3.8, 4) is 0 Å². The molecule has 0 spiro atoms. The van der Waals surface area contributed by atoms with E-state index in [2.05, 4.69) is 14.5 Å². The minimum Gasteiger partial charge on any atom is -0.389 e. The van der Waals surface area contributed by atoms with Crippen LogP contribution in [-0.4, -0.2) is 45.7 Å². The predicted octanol–water partition coefficient (Wildman–Crippen LogP) is -0.881. The highest BCUT2D eigenvalue weighted by atomic mass is 31.2. The fourth-order valence-corrected chi connectivity index (χ4v) is 2.61. The zero-order valence-electron chi connectivity index (χ0n) is 12.1. The number of ether oxygens (including phenoxy) is 1. The Morgan fingerprint density at radius 3 is 2.88 bits per heavy atom. The van der Waals surface area contributed by atoms with E-state index in [1.165, 1.54) is 29.1 Å². The lowest BCUT2D eigenvalue weighted by molar-refractivity contribution is -0.760. The van der Waals surface area contributed by atoms with Crippen LogP contribution in [-0.2, 0) is 13.8 Å². The SMILES string of the molecule is [N-]=[N+]=N[C@@H]1[C@H](O)[C@@H](COP(=O)(O)O)O[C@H]1[n+]1cccc(C(N)=O)c1. The van der Waals surface area contributed by atoms with E-state index in [-0.39, 0.29) is 5.56 Å². The van der Waals surface area contributed by atoms with Gasteiger partial charge in [0.2, 0.25) is 0 Å². The summed E-state index contributed by atoms with van der Waals surface area (Å²) in [5, 5.41) is 13.6. The van der Waals surface area contributed by atoms with Crippen molar-refractivity contribution >= 4 is 13.7 Å². The first-order chi connectivity index (χ1) is 11.2. The van der Waals surface area contributed by atoms with Crippen molar-refractivity contribution in [2.75, 3.05) is 6.61 Å². The maximum absolute atomic E-state index is 11.2. The third-order valence-electron chi connectivity index (χ3n) is 3.33. The van der Waals surface area contributed by atoms with Crippen molar-refractivity contribution < 1.29 is 38.1 Å². The van der Waals surface area contributed by atoms with Gasteiger partial charge < -0.3 is 25.4 Å². The molecular weight excluding hydrogens is 345 g/mol. The molecule has 12 nitrogen and oxygen atoms in total. The second-order valence-electron chi connectivity index (χ2n) is 4.94. The molecule has 4 atom stereocenters. The molecule has 1 aliphatic rings. The summed E-state index contributed by atoms with van der Waals surface area (Å²) >= 11 is 0. The highest BCUT2D eigenvalue weighted by Crippen LogP contribution is 2.38. The van der Waals surface area contributed by atoms with E-state index in [9.17, 15) is 14.5 Å². The summed E-state index contributed by atoms with van der Waals surface area (Å²) in [6.07, 6.45) is -0.701. The van der Waals surface area contributed by atoms with Gasteiger partial charge in [-0.1, -0.05) is 5.11 Å². The number of pyridine rings is 1. The predicted molar refractivity (Wildman–Crippen MR) is 76.0 cm³/mol. The summed E-state index contributed by atoms with van der Waals surface area (Å²) in [5.74, 6) is -0.690. The number of amides is 1. The molecule has 1 aliphatic heterocycles. The van der Waals surface area contributed by atoms with E-state index in [1.54, 1.807) is 0 Å². The van der Waals surface area contributed by atoms with Crippen LogP contribution in [0.5, 0.6) is 0 Å². The molecule has 24 heavy (non-hydrogen) atoms. The van der Waals surface area contributed by atoms with Crippen molar-refractivity contribution in [1.29, 1.82) is 0 Å². The molecule has 130 valence electrons. The molecule has 0 unspecified atom stereocenters. The maximum atomic E-state index is 11.2. The zero-order valence-corrected chi connectivity index (χ0v) is 13.0. The van der Waals surface area contributed by atoms with Crippen LogP contribution in [0.15, 0.2) is 29.6 Å². The quantitative estimate of drug-likeness (QED) is 0.166. The lowest BCUT2D eigenvalue weighted by atomic mass is 10.1. The Kier molecular flexibility index (Phi) is 5.52. The number of aliphatic hydroxyl groups is 1. The van der Waals surface area contributed by atoms with E-state index in [0.717, 1.165) is 0 Å². The Morgan fingerprint density at radius 2 is 2.29 bits per heavy atom. The van der Waals surface area contributed by atoms with Crippen LogP contribution < -0.4 is 10.3 Å². The Balaban J connectivity index is 2.27. The van der Waals surface area contributed by atoms with E-state index >= 15 is 0 Å². The van der Waals surface area contributed by atoms with Gasteiger partial charge in [0.25, 0.3) is 12.1 Å². The average Bonchev–Trinajstić information content (AvgIpc) is 2.82. The summed E-state index contributed by atoms with van der Waals surface area (Å²) in [5.41, 5.74) is 14.0. The van der Waals surface area contributed by atoms with Gasteiger partial charge in [-0.25, -0.2) is 4.57 Å². The molecule has 0 aliphatic carbocycles. The smallest absolute Gasteiger partial charge is 0.389 e. The molecule has 1 fully saturated rings. The van der Waals surface area contributed by atoms with Gasteiger partial charge in [-0.05, 0) is 11.6 Å². The van der Waals surface area contributed by atoms with Crippen LogP contribution in [0.4, 0.5) is 0 Å². The number of phosphoric acid groups is 1. The van der Waals surface area contributed by atoms with Crippen LogP contribution in [0.1, 0.15) is 16.6 Å². The number of phosphoric ester groups is 1. The third kappa shape index (κ3) is 4.28. The topological polar surface area (TPSA) is 192 Å². The van der Waals surface area contributed by atoms with E-state index in [1.807, 2.05) is 0 Å². The van der Waals surface area contributed by atoms with Gasteiger partial charge in [0.15, 0.2) is 18.4 Å². The number of primary amides is 1. The third-order valence-corrected chi connectivity index (χ3v) is 3.82. The van der Waals surface area contributed by atoms with Crippen LogP contribution in [0.2, 0.25) is 0 Å². The summed E-state index contributed by atoms with van der Waals surface area (Å²) in [7, 11) is -4.75. The number of hydrogen-bond acceptors (Lipinski definition) is 6. The van der Waals surface area contributed by atoms with Gasteiger partial charge >= 0.3 is 7.82 Å². The molecule has 1 aromatic heterocycles. The highest BCUT2D eigenvalue weighted by molar-refractivity contribution is 7.46. The minimum absolute atomic E-state index is 0.158. The highest BCUT2D eigenvalue weighted by Gasteiger charge is 2.49. The molecule has 2 heterocycles. The number of aliphatic hydroxyl groups excluding tert-OH is 1. The summed E-state index contributed by atoms with van der Waals surface area (Å²) in [6, 6.07) is 1.86. The van der Waals surface area contributed by atoms with Gasteiger partial charge in [-0.3, -0.25) is 9.32 Å². The molecule has 5 N–H and O–H groups in total. The number of carbonyl (C=O) groups excluding carboxylic acids is 1. The van der Waals surface area contributed by atoms with Crippen LogP contribution in [0, 0.1) is 0 Å². The zero-order chi connectivity index (χ0) is 17.9. The number of nitrogens with zero attached hydrogens (tertiary/aromatic N) is 4. The van der Waals surface area contributed by atoms with Gasteiger partial charge in [-0.2, -0.15) is 4.57 Å². The first-order valence-corrected chi connectivity index (χ1v) is 8.14. The van der Waals surface area contributed by atoms with E-state index in [0.29, 0.717) is 0 Å². The van der Waals surface area contributed by atoms with Crippen molar-refractivity contribution in [1.82, 2.24) is 0 Å². The fraction of sp³-hybridized carbons (Fsp3) is 0.455. The molecule has 0 bridgehead atoms. The lowest BCUT2D eigenvalue weighted by Crippen LogP contribution is -2.45. The number of aromatic nitrogens is 1. The van der Waals surface area contributed by atoms with Crippen molar-refractivity contribution in [3.05, 3.63) is 40.5 Å². The van der Waals surface area contributed by atoms with E-state index in [4.69, 9.17) is 25.8 Å². The molecule has 0 radical (unpaired) electrons. The number of rotatable bonds is 6. The first-order valence-electron chi connectivity index (χ1n) is 6.61. The lowest BCUT2D eigenvalue weighted by Gasteiger charge is -2.14. The number of hydrogen-bond donors (Lipinski definition) is 4. The summed E-state index contributed by atoms with van der Waals surface area (Å²) in [4.78, 5) is 31.3. The normalized spacial score (nSPS) is 26.8. The average molecular weight is 360 g/mol. The van der Waals surface area contributed by atoms with Crippen LogP contribution in [0.25, 0.3) is 10.4 Å². The van der Waals surface area contributed by atoms with Crippen LogP contribution in [0.3, 0.4) is 0 Å². The number of nitrogens with two attached hydrogens (primary N) is 1. The molecule has 2 rings (SSSR count). The Morgan fingerprint density at radius 1 is 1.58 bits per heavy atom. The monoisotopic (exact) mass is 360 g/mol. The van der Waals surface area contributed by atoms with Crippen molar-refractivity contribution in [3.63, 3.8) is 0 Å². The fourth-order valence-electron chi connectivity index (χ4n) is 2.27. The van der Waals surface area contributed by atoms with Crippen molar-refractivity contribution in [2.45, 2.75) is 24.5 Å². The summed E-state index contributed by atoms with van der Waals surface area (Å²) < 4.78 is 21.9. The number of azide groups is 1. The molecule has 0 aromatic carbocycles. The molecule has 13 heteroatoms. The van der Waals surface area contributed by atoms with Gasteiger partial charge in [0, 0.05) is 11.0 Å². The van der Waals surface area contributed by atoms with Gasteiger partial charge in [-0.15, -0.1) is 0 Å². The molecule has 1 saturated heterocycles. The first kappa shape index (κ1) is 18.3. The summed E-state index contributed by atoms with van der Waals surface area (Å²) in [6.45, 7) is -0.616. The standard InChI is InChI=1S/C11H14N5O7P/c12-10(18)6-2-1-3-16(4-6)11-8(14-15-13)9(17)7(23-11)5-22-24(19,20)21/h1-4,7-9,11,17H,5H2,(H3-,12,18,19,20,21)/p+1/t7-,8-,9-,11-/m1/s1. The van der Waals surface area contributed by atoms with Gasteiger partial charge in [0.05, 0.1) is 6.61 Å². The Bertz CT molecular complexity index is 718. The van der Waals surface area contributed by atoms with Crippen molar-refractivity contribution in [2.24, 2.45) is 10.8 Å². The molecule has 1 amide bonds. The Labute approximate surface area is 135 Å². The second kappa shape index (κ2) is 7.24. The van der Waals surface area contributed by atoms with Gasteiger partial charge in [0.1, 0.15) is 17.8 Å². The molecule has 0 saturated carbocycles. The van der Waals surface area contributed by atoms with E-state index < -0.39 is 44.8 Å². The maximum Gasteiger partial charge on any atom is 0.469 e.